The number of hydrogen-bond donors (Lipinski definition) is 2. The highest BCUT2D eigenvalue weighted by atomic mass is 16.3. The van der Waals surface area contributed by atoms with E-state index in [1.807, 2.05) is 13.0 Å². The van der Waals surface area contributed by atoms with Gasteiger partial charge in [-0.15, -0.1) is 0 Å². The van der Waals surface area contributed by atoms with Crippen molar-refractivity contribution in [1.82, 2.24) is 0 Å². The Morgan fingerprint density at radius 3 is 2.00 bits per heavy atom. The van der Waals surface area contributed by atoms with Gasteiger partial charge in [0.25, 0.3) is 0 Å². The second-order valence-electron chi connectivity index (χ2n) is 11.3. The molecule has 0 saturated heterocycles. The summed E-state index contributed by atoms with van der Waals surface area (Å²) in [4.78, 5) is 0. The maximum Gasteiger partial charge on any atom is 0.0788 e. The number of aliphatic hydroxyl groups excluding tert-OH is 2. The molecule has 0 bridgehead atoms. The molecular weight excluding hydrogens is 392 g/mol. The molecule has 1 saturated carbocycles. The molecule has 0 heterocycles. The van der Waals surface area contributed by atoms with E-state index in [9.17, 15) is 10.2 Å². The summed E-state index contributed by atoms with van der Waals surface area (Å²) >= 11 is 0. The first kappa shape index (κ1) is 28.9. The Morgan fingerprint density at radius 1 is 0.938 bits per heavy atom. The van der Waals surface area contributed by atoms with Crippen molar-refractivity contribution >= 4 is 0 Å². The minimum Gasteiger partial charge on any atom is -0.393 e. The van der Waals surface area contributed by atoms with E-state index < -0.39 is 0 Å². The lowest BCUT2D eigenvalue weighted by atomic mass is 9.75. The van der Waals surface area contributed by atoms with Gasteiger partial charge in [0, 0.05) is 5.92 Å². The predicted octanol–water partition coefficient (Wildman–Crippen LogP) is 8.03. The van der Waals surface area contributed by atoms with Crippen molar-refractivity contribution in [2.45, 2.75) is 112 Å². The van der Waals surface area contributed by atoms with Crippen LogP contribution < -0.4 is 0 Å². The Balaban J connectivity index is 0.000000240. The van der Waals surface area contributed by atoms with Crippen LogP contribution in [0.1, 0.15) is 99.8 Å². The summed E-state index contributed by atoms with van der Waals surface area (Å²) in [6.45, 7) is 22.9. The average Bonchev–Trinajstić information content (AvgIpc) is 2.68. The smallest absolute Gasteiger partial charge is 0.0788 e. The fraction of sp³-hybridized carbons (Fsp3) is 0.733. The highest BCUT2D eigenvalue weighted by Gasteiger charge is 2.28. The molecule has 0 amide bonds. The molecule has 0 aromatic carbocycles. The molecule has 1 fully saturated rings. The summed E-state index contributed by atoms with van der Waals surface area (Å²) in [5, 5.41) is 19.3. The number of hydrogen-bond acceptors (Lipinski definition) is 2. The highest BCUT2D eigenvalue weighted by molar-refractivity contribution is 5.14. The van der Waals surface area contributed by atoms with Crippen LogP contribution in [-0.2, 0) is 0 Å². The van der Waals surface area contributed by atoms with Crippen LogP contribution in [0.15, 0.2) is 47.6 Å². The van der Waals surface area contributed by atoms with Gasteiger partial charge in [0.1, 0.15) is 0 Å². The number of aliphatic hydroxyl groups is 2. The summed E-state index contributed by atoms with van der Waals surface area (Å²) in [6.07, 6.45) is 13.5. The molecule has 3 rings (SSSR count). The molecule has 0 radical (unpaired) electrons. The van der Waals surface area contributed by atoms with Gasteiger partial charge < -0.3 is 10.2 Å². The monoisotopic (exact) mass is 444 g/mol. The quantitative estimate of drug-likeness (QED) is 0.432. The lowest BCUT2D eigenvalue weighted by molar-refractivity contribution is 0.0266. The molecule has 0 unspecified atom stereocenters. The fourth-order valence-electron chi connectivity index (χ4n) is 5.15. The van der Waals surface area contributed by atoms with E-state index in [1.165, 1.54) is 43.3 Å². The van der Waals surface area contributed by atoms with Gasteiger partial charge in [-0.3, -0.25) is 0 Å². The van der Waals surface area contributed by atoms with Crippen molar-refractivity contribution in [1.29, 1.82) is 0 Å². The fourth-order valence-corrected chi connectivity index (χ4v) is 5.15. The lowest BCUT2D eigenvalue weighted by Crippen LogP contribution is -2.31. The van der Waals surface area contributed by atoms with E-state index in [0.29, 0.717) is 17.8 Å². The molecule has 6 atom stereocenters. The van der Waals surface area contributed by atoms with E-state index in [2.05, 4.69) is 60.8 Å². The predicted molar refractivity (Wildman–Crippen MR) is 141 cm³/mol. The Kier molecular flexibility index (Phi) is 12.8. The summed E-state index contributed by atoms with van der Waals surface area (Å²) in [7, 11) is 0. The molecule has 3 aliphatic carbocycles. The molecule has 32 heavy (non-hydrogen) atoms. The van der Waals surface area contributed by atoms with Crippen molar-refractivity contribution in [3.63, 3.8) is 0 Å². The molecular formula is C30H52O2. The molecule has 184 valence electrons. The Labute approximate surface area is 199 Å². The van der Waals surface area contributed by atoms with Crippen molar-refractivity contribution in [2.24, 2.45) is 29.6 Å². The van der Waals surface area contributed by atoms with Crippen LogP contribution in [0.25, 0.3) is 0 Å². The topological polar surface area (TPSA) is 40.5 Å². The summed E-state index contributed by atoms with van der Waals surface area (Å²) in [5.41, 5.74) is 5.30. The van der Waals surface area contributed by atoms with Gasteiger partial charge in [0.2, 0.25) is 0 Å². The maximum atomic E-state index is 9.71. The van der Waals surface area contributed by atoms with Crippen LogP contribution in [0.4, 0.5) is 0 Å². The molecule has 2 heteroatoms. The van der Waals surface area contributed by atoms with Crippen LogP contribution in [0.2, 0.25) is 0 Å². The van der Waals surface area contributed by atoms with Crippen LogP contribution in [-0.4, -0.2) is 22.4 Å². The molecule has 2 N–H and O–H groups in total. The lowest BCUT2D eigenvalue weighted by Gasteiger charge is -2.33. The third kappa shape index (κ3) is 10.2. The zero-order valence-electron chi connectivity index (χ0n) is 22.2. The normalized spacial score (nSPS) is 32.4. The summed E-state index contributed by atoms with van der Waals surface area (Å²) < 4.78 is 0. The van der Waals surface area contributed by atoms with E-state index >= 15 is 0 Å². The Bertz CT molecular complexity index is 654. The minimum absolute atomic E-state index is 0.0289. The van der Waals surface area contributed by atoms with Gasteiger partial charge in [-0.25, -0.2) is 0 Å². The average molecular weight is 445 g/mol. The SMILES string of the molecule is C=C(C)[C@@H]1CCC(C)=C[C@H]1O.C=C(C)[C@H]1CC=C(C)CC1.CC(C)[C@@H]1CC[C@@H](C)C[C@H]1O. The second-order valence-corrected chi connectivity index (χ2v) is 11.3. The van der Waals surface area contributed by atoms with Crippen molar-refractivity contribution in [3.8, 4) is 0 Å². The molecule has 3 aliphatic rings. The molecule has 0 spiro atoms. The first-order chi connectivity index (χ1) is 14.9. The first-order valence-corrected chi connectivity index (χ1v) is 12.9. The van der Waals surface area contributed by atoms with Gasteiger partial charge in [0.05, 0.1) is 12.2 Å². The first-order valence-electron chi connectivity index (χ1n) is 12.9. The summed E-state index contributed by atoms with van der Waals surface area (Å²) in [6, 6.07) is 0. The molecule has 0 aromatic rings. The zero-order valence-corrected chi connectivity index (χ0v) is 22.2. The minimum atomic E-state index is -0.291. The Hall–Kier alpha value is -1.12. The number of allylic oxidation sites excluding steroid dienone is 4. The van der Waals surface area contributed by atoms with Gasteiger partial charge in [-0.2, -0.15) is 0 Å². The maximum absolute atomic E-state index is 9.71. The van der Waals surface area contributed by atoms with Crippen molar-refractivity contribution in [2.75, 3.05) is 0 Å². The van der Waals surface area contributed by atoms with Crippen LogP contribution in [0.5, 0.6) is 0 Å². The molecule has 0 aromatic heterocycles. The standard InChI is InChI=1S/C10H20O.C10H16O.C10H16/c2*1-7(2)9-5-4-8(3)6-10(9)11;1-8(2)10-6-4-9(3)5-7-10/h7-11H,4-6H2,1-3H3;6,9-11H,1,4-5H2,2-3H3;4,10H,1,5-7H2,2-3H3/t8-,9+,10-;9-,10+;10-/m100/s1. The van der Waals surface area contributed by atoms with Gasteiger partial charge in [0.15, 0.2) is 0 Å². The molecule has 2 nitrogen and oxygen atoms in total. The number of rotatable bonds is 3. The van der Waals surface area contributed by atoms with Crippen LogP contribution in [0, 0.1) is 29.6 Å². The van der Waals surface area contributed by atoms with Gasteiger partial charge >= 0.3 is 0 Å². The van der Waals surface area contributed by atoms with E-state index in [-0.39, 0.29) is 12.2 Å². The van der Waals surface area contributed by atoms with Crippen LogP contribution in [0.3, 0.4) is 0 Å². The van der Waals surface area contributed by atoms with Gasteiger partial charge in [-0.1, -0.05) is 74.8 Å². The van der Waals surface area contributed by atoms with E-state index in [4.69, 9.17) is 0 Å². The van der Waals surface area contributed by atoms with Crippen molar-refractivity contribution in [3.05, 3.63) is 47.6 Å². The second kappa shape index (κ2) is 14.2. The third-order valence-corrected chi connectivity index (χ3v) is 7.67. The van der Waals surface area contributed by atoms with E-state index in [1.54, 1.807) is 5.57 Å². The largest absolute Gasteiger partial charge is 0.393 e. The Morgan fingerprint density at radius 2 is 1.56 bits per heavy atom. The van der Waals surface area contributed by atoms with E-state index in [0.717, 1.165) is 36.7 Å². The molecule has 0 aliphatic heterocycles. The van der Waals surface area contributed by atoms with Gasteiger partial charge in [-0.05, 0) is 96.3 Å². The highest BCUT2D eigenvalue weighted by Crippen LogP contribution is 2.33. The third-order valence-electron chi connectivity index (χ3n) is 7.67. The summed E-state index contributed by atoms with van der Waals surface area (Å²) in [5.74, 6) is 3.01. The van der Waals surface area contributed by atoms with Crippen LogP contribution >= 0.6 is 0 Å². The van der Waals surface area contributed by atoms with Crippen molar-refractivity contribution < 1.29 is 10.2 Å². The zero-order chi connectivity index (χ0) is 24.4.